The maximum absolute atomic E-state index is 14.1. The molecule has 11 nitrogen and oxygen atoms in total. The van der Waals surface area contributed by atoms with Gasteiger partial charge < -0.3 is 40.4 Å². The number of rotatable bonds is 6. The molecule has 0 spiro atoms. The Kier molecular flexibility index (Phi) is 7.55. The Balaban J connectivity index is 1.45. The molecule has 11 heteroatoms. The number of nitrogens with two attached hydrogens (primary N) is 1. The fraction of sp³-hybridized carbons (Fsp3) is 0.364. The molecular weight excluding hydrogens is 570 g/mol. The van der Waals surface area contributed by atoms with Crippen LogP contribution in [0.15, 0.2) is 48.5 Å². The molecule has 1 saturated heterocycles. The molecular formula is C33H33NO10. The number of aromatic hydroxyl groups is 2. The predicted octanol–water partition coefficient (Wildman–Crippen LogP) is 2.60. The number of Topliss-reactive ketones (excluding diaryl/α,β-unsaturated/α-hetero) is 1. The minimum absolute atomic E-state index is 0.0229. The largest absolute Gasteiger partial charge is 0.507 e. The highest BCUT2D eigenvalue weighted by Gasteiger charge is 2.49. The van der Waals surface area contributed by atoms with Crippen LogP contribution in [0.3, 0.4) is 0 Å². The summed E-state index contributed by atoms with van der Waals surface area (Å²) < 4.78 is 17.9. The molecule has 2 aliphatic carbocycles. The van der Waals surface area contributed by atoms with Crippen LogP contribution in [0.1, 0.15) is 81.3 Å². The number of fused-ring (bicyclic) bond motifs is 3. The van der Waals surface area contributed by atoms with Crippen molar-refractivity contribution in [1.29, 1.82) is 0 Å². The normalized spacial score (nSPS) is 27.7. The second-order valence-corrected chi connectivity index (χ2v) is 11.7. The highest BCUT2D eigenvalue weighted by atomic mass is 16.7. The summed E-state index contributed by atoms with van der Waals surface area (Å²) in [6.45, 7) is 2.91. The fourth-order valence-electron chi connectivity index (χ4n) is 6.34. The van der Waals surface area contributed by atoms with E-state index in [1.165, 1.54) is 13.0 Å². The van der Waals surface area contributed by atoms with E-state index in [0.29, 0.717) is 0 Å². The predicted molar refractivity (Wildman–Crippen MR) is 155 cm³/mol. The summed E-state index contributed by atoms with van der Waals surface area (Å²) >= 11 is 0. The van der Waals surface area contributed by atoms with Crippen molar-refractivity contribution < 1.29 is 49.0 Å². The first-order chi connectivity index (χ1) is 20.9. The molecule has 0 radical (unpaired) electrons. The highest BCUT2D eigenvalue weighted by molar-refractivity contribution is 6.31. The van der Waals surface area contributed by atoms with E-state index in [2.05, 4.69) is 0 Å². The molecule has 6 rings (SSSR count). The molecule has 0 aromatic heterocycles. The quantitative estimate of drug-likeness (QED) is 0.204. The molecule has 3 aromatic rings. The number of ether oxygens (including phenoxy) is 3. The van der Waals surface area contributed by atoms with Gasteiger partial charge in [-0.3, -0.25) is 14.4 Å². The van der Waals surface area contributed by atoms with Crippen LogP contribution in [-0.2, 0) is 27.3 Å². The topological polar surface area (TPSA) is 186 Å². The third-order valence-corrected chi connectivity index (χ3v) is 8.82. The summed E-state index contributed by atoms with van der Waals surface area (Å²) in [6, 6.07) is 13.1. The average Bonchev–Trinajstić information content (AvgIpc) is 2.99. The third-order valence-electron chi connectivity index (χ3n) is 8.82. The zero-order valence-electron chi connectivity index (χ0n) is 24.1. The fourth-order valence-corrected chi connectivity index (χ4v) is 6.34. The third kappa shape index (κ3) is 4.86. The lowest BCUT2D eigenvalue weighted by molar-refractivity contribution is -0.247. The monoisotopic (exact) mass is 603 g/mol. The van der Waals surface area contributed by atoms with Crippen LogP contribution < -0.4 is 10.5 Å². The van der Waals surface area contributed by atoms with Crippen LogP contribution >= 0.6 is 0 Å². The number of carbonyl (C=O) groups excluding carboxylic acids is 3. The number of benzene rings is 3. The Labute approximate surface area is 252 Å². The summed E-state index contributed by atoms with van der Waals surface area (Å²) in [6.07, 6.45) is -4.62. The number of phenolic OH excluding ortho intramolecular Hbond substituents is 2. The first-order valence-electron chi connectivity index (χ1n) is 14.4. The first kappa shape index (κ1) is 29.9. The second kappa shape index (κ2) is 11.1. The van der Waals surface area contributed by atoms with Gasteiger partial charge in [-0.2, -0.15) is 0 Å². The number of hydrogen-bond donors (Lipinski definition) is 5. The van der Waals surface area contributed by atoms with Crippen LogP contribution in [0.5, 0.6) is 17.2 Å². The summed E-state index contributed by atoms with van der Waals surface area (Å²) in [4.78, 5) is 40.5. The second-order valence-electron chi connectivity index (χ2n) is 11.7. The lowest BCUT2D eigenvalue weighted by Crippen LogP contribution is -2.52. The average molecular weight is 604 g/mol. The van der Waals surface area contributed by atoms with Crippen molar-refractivity contribution in [2.45, 2.75) is 76.0 Å². The van der Waals surface area contributed by atoms with Gasteiger partial charge in [0.2, 0.25) is 5.78 Å². The van der Waals surface area contributed by atoms with Gasteiger partial charge in [-0.15, -0.1) is 0 Å². The van der Waals surface area contributed by atoms with Gasteiger partial charge in [-0.05, 0) is 25.5 Å². The molecule has 0 bridgehead atoms. The summed E-state index contributed by atoms with van der Waals surface area (Å²) in [7, 11) is 0. The van der Waals surface area contributed by atoms with Gasteiger partial charge in [-0.25, -0.2) is 0 Å². The van der Waals surface area contributed by atoms with Gasteiger partial charge in [0.25, 0.3) is 0 Å². The van der Waals surface area contributed by atoms with E-state index in [4.69, 9.17) is 19.9 Å². The van der Waals surface area contributed by atoms with Gasteiger partial charge in [0.15, 0.2) is 17.9 Å². The Morgan fingerprint density at radius 1 is 1.02 bits per heavy atom. The van der Waals surface area contributed by atoms with Gasteiger partial charge in [0.05, 0.1) is 35.0 Å². The molecule has 0 saturated carbocycles. The summed E-state index contributed by atoms with van der Waals surface area (Å²) in [5.41, 5.74) is 3.79. The molecule has 6 N–H and O–H groups in total. The molecule has 6 atom stereocenters. The number of hydrogen-bond acceptors (Lipinski definition) is 11. The van der Waals surface area contributed by atoms with Crippen LogP contribution in [0.25, 0.3) is 0 Å². The Morgan fingerprint density at radius 2 is 1.73 bits per heavy atom. The smallest absolute Gasteiger partial charge is 0.202 e. The molecule has 1 heterocycles. The van der Waals surface area contributed by atoms with E-state index in [9.17, 15) is 34.8 Å². The molecule has 3 aliphatic rings. The highest BCUT2D eigenvalue weighted by Crippen LogP contribution is 2.52. The van der Waals surface area contributed by atoms with E-state index in [0.717, 1.165) is 5.56 Å². The van der Waals surface area contributed by atoms with Gasteiger partial charge >= 0.3 is 0 Å². The molecule has 44 heavy (non-hydrogen) atoms. The van der Waals surface area contributed by atoms with Crippen LogP contribution in [0.2, 0.25) is 0 Å². The minimum atomic E-state index is -2.02. The van der Waals surface area contributed by atoms with Gasteiger partial charge in [0.1, 0.15) is 29.5 Å². The maximum Gasteiger partial charge on any atom is 0.202 e. The van der Waals surface area contributed by atoms with Gasteiger partial charge in [0, 0.05) is 42.0 Å². The Hall–Kier alpha value is -4.13. The number of carbonyl (C=O) groups is 3. The molecule has 1 aliphatic heterocycles. The minimum Gasteiger partial charge on any atom is -0.507 e. The van der Waals surface area contributed by atoms with E-state index in [1.807, 2.05) is 30.3 Å². The van der Waals surface area contributed by atoms with Crippen LogP contribution in [0.4, 0.5) is 0 Å². The lowest BCUT2D eigenvalue weighted by Gasteiger charge is -2.42. The standard InChI is InChI=1S/C33H33NO10/c1-15-28(36)20(34)11-23(43-15)44-22-13-33(41,16(2)35)12-19-25(22)32(40)27-26(30(19)38)29(37)18-9-6-10-21(24(18)31(27)39)42-14-17-7-4-3-5-8-17/h3-10,15,20,22-23,28,36,38,40-41H,11-14,34H2,1-2H3/t15-,20-,22-,23+,28+,33+/m1/s1. The first-order valence-corrected chi connectivity index (χ1v) is 14.4. The molecule has 1 fully saturated rings. The Bertz CT molecular complexity index is 1660. The number of aliphatic hydroxyl groups excluding tert-OH is 1. The van der Waals surface area contributed by atoms with E-state index in [-0.39, 0.29) is 47.5 Å². The molecule has 230 valence electrons. The van der Waals surface area contributed by atoms with Gasteiger partial charge in [-0.1, -0.05) is 42.5 Å². The molecule has 3 aromatic carbocycles. The van der Waals surface area contributed by atoms with E-state index < -0.39 is 82.6 Å². The van der Waals surface area contributed by atoms with Crippen molar-refractivity contribution in [3.63, 3.8) is 0 Å². The molecule has 0 unspecified atom stereocenters. The number of phenols is 2. The van der Waals surface area contributed by atoms with E-state index in [1.54, 1.807) is 19.1 Å². The number of aliphatic hydroxyl groups is 2. The maximum atomic E-state index is 14.1. The van der Waals surface area contributed by atoms with Crippen molar-refractivity contribution in [2.75, 3.05) is 0 Å². The van der Waals surface area contributed by atoms with E-state index >= 15 is 0 Å². The zero-order chi connectivity index (χ0) is 31.5. The number of ketones is 3. The molecule has 0 amide bonds. The SMILES string of the molecule is CC(=O)[C@]1(O)Cc2c(O)c3c(c(O)c2[C@H](O[C@H]2C[C@@H](N)[C@@H](O)[C@@H](C)O2)C1)C(=O)c1c(OCc2ccccc2)cccc1C3=O. The zero-order valence-corrected chi connectivity index (χ0v) is 24.1. The van der Waals surface area contributed by atoms with Crippen molar-refractivity contribution in [3.8, 4) is 17.2 Å². The van der Waals surface area contributed by atoms with Crippen molar-refractivity contribution in [2.24, 2.45) is 5.73 Å². The van der Waals surface area contributed by atoms with Crippen molar-refractivity contribution in [3.05, 3.63) is 87.5 Å². The van der Waals surface area contributed by atoms with Crippen molar-refractivity contribution in [1.82, 2.24) is 0 Å². The van der Waals surface area contributed by atoms with Crippen LogP contribution in [0, 0.1) is 0 Å². The Morgan fingerprint density at radius 3 is 2.41 bits per heavy atom. The lowest BCUT2D eigenvalue weighted by atomic mass is 9.72. The summed E-state index contributed by atoms with van der Waals surface area (Å²) in [5.74, 6) is -3.21. The van der Waals surface area contributed by atoms with Crippen molar-refractivity contribution >= 4 is 17.3 Å². The van der Waals surface area contributed by atoms with Crippen LogP contribution in [-0.4, -0.2) is 67.9 Å². The summed E-state index contributed by atoms with van der Waals surface area (Å²) in [5, 5.41) is 44.8.